The number of phenolic OH excluding ortho intramolecular Hbond substituents is 1. The van der Waals surface area contributed by atoms with E-state index in [2.05, 4.69) is 10.3 Å². The SMILES string of the molecule is CC(C)Oc1cc(C(NCCN)c2c(O)c3ccccc3c3occ(C(=O)O)c23)ccn1. The Labute approximate surface area is 184 Å². The van der Waals surface area contributed by atoms with Crippen molar-refractivity contribution in [3.8, 4) is 11.6 Å². The highest BCUT2D eigenvalue weighted by molar-refractivity contribution is 6.15. The van der Waals surface area contributed by atoms with Crippen molar-refractivity contribution < 1.29 is 24.2 Å². The number of nitrogens with zero attached hydrogens (tertiary/aromatic N) is 1. The summed E-state index contributed by atoms with van der Waals surface area (Å²) in [5, 5.41) is 26.1. The van der Waals surface area contributed by atoms with E-state index in [1.807, 2.05) is 26.0 Å². The fourth-order valence-corrected chi connectivity index (χ4v) is 3.94. The summed E-state index contributed by atoms with van der Waals surface area (Å²) in [7, 11) is 0. The Morgan fingerprint density at radius 2 is 2.00 bits per heavy atom. The van der Waals surface area contributed by atoms with Crippen LogP contribution >= 0.6 is 0 Å². The van der Waals surface area contributed by atoms with Gasteiger partial charge in [0.05, 0.1) is 12.1 Å². The summed E-state index contributed by atoms with van der Waals surface area (Å²) >= 11 is 0. The number of hydrogen-bond donors (Lipinski definition) is 4. The molecule has 32 heavy (non-hydrogen) atoms. The highest BCUT2D eigenvalue weighted by atomic mass is 16.5. The number of phenols is 1. The fourth-order valence-electron chi connectivity index (χ4n) is 3.94. The van der Waals surface area contributed by atoms with E-state index in [1.54, 1.807) is 30.5 Å². The van der Waals surface area contributed by atoms with Gasteiger partial charge in [-0.1, -0.05) is 24.3 Å². The number of nitrogens with two attached hydrogens (primary N) is 1. The van der Waals surface area contributed by atoms with Gasteiger partial charge in [0, 0.05) is 47.1 Å². The van der Waals surface area contributed by atoms with Gasteiger partial charge in [0.1, 0.15) is 23.2 Å². The minimum atomic E-state index is -1.14. The largest absolute Gasteiger partial charge is 0.507 e. The van der Waals surface area contributed by atoms with E-state index in [0.29, 0.717) is 46.3 Å². The van der Waals surface area contributed by atoms with Crippen molar-refractivity contribution in [2.75, 3.05) is 13.1 Å². The van der Waals surface area contributed by atoms with Gasteiger partial charge in [0.2, 0.25) is 5.88 Å². The van der Waals surface area contributed by atoms with Gasteiger partial charge in [-0.25, -0.2) is 9.78 Å². The van der Waals surface area contributed by atoms with Crippen molar-refractivity contribution in [2.24, 2.45) is 5.73 Å². The lowest BCUT2D eigenvalue weighted by Gasteiger charge is -2.23. The molecule has 0 aliphatic carbocycles. The normalized spacial score (nSPS) is 12.5. The number of aromatic carboxylic acids is 1. The third-order valence-corrected chi connectivity index (χ3v) is 5.20. The lowest BCUT2D eigenvalue weighted by atomic mass is 9.90. The molecule has 0 saturated heterocycles. The monoisotopic (exact) mass is 435 g/mol. The number of furan rings is 1. The number of benzene rings is 2. The van der Waals surface area contributed by atoms with Crippen molar-refractivity contribution in [1.82, 2.24) is 10.3 Å². The van der Waals surface area contributed by atoms with Gasteiger partial charge >= 0.3 is 5.97 Å². The molecule has 5 N–H and O–H groups in total. The number of carboxylic acid groups (broad SMARTS) is 1. The molecule has 0 spiro atoms. The maximum absolute atomic E-state index is 12.0. The predicted molar refractivity (Wildman–Crippen MR) is 121 cm³/mol. The Bertz CT molecular complexity index is 1280. The second kappa shape index (κ2) is 8.86. The molecule has 2 aromatic heterocycles. The first-order chi connectivity index (χ1) is 15.4. The standard InChI is InChI=1S/C24H25N3O5/c1-13(2)32-18-11-14(7-9-26-18)21(27-10-8-25)20-19-17(24(29)30)12-31-23(19)16-6-4-3-5-15(16)22(20)28/h3-7,9,11-13,21,27-28H,8,10,25H2,1-2H3,(H,29,30). The van der Waals surface area contributed by atoms with Crippen LogP contribution in [0.4, 0.5) is 0 Å². The molecule has 0 radical (unpaired) electrons. The van der Waals surface area contributed by atoms with E-state index in [4.69, 9.17) is 14.9 Å². The summed E-state index contributed by atoms with van der Waals surface area (Å²) in [4.78, 5) is 16.3. The first-order valence-corrected chi connectivity index (χ1v) is 10.4. The molecular weight excluding hydrogens is 410 g/mol. The second-order valence-electron chi connectivity index (χ2n) is 7.74. The van der Waals surface area contributed by atoms with Crippen LogP contribution in [0.15, 0.2) is 53.3 Å². The Morgan fingerprint density at radius 3 is 2.69 bits per heavy atom. The summed E-state index contributed by atoms with van der Waals surface area (Å²) in [6, 6.07) is 10.2. The molecule has 1 unspecified atom stereocenters. The molecule has 0 bridgehead atoms. The molecule has 0 aliphatic heterocycles. The number of aromatic hydroxyl groups is 1. The summed E-state index contributed by atoms with van der Waals surface area (Å²) in [5.74, 6) is -0.732. The quantitative estimate of drug-likeness (QED) is 0.329. The molecule has 0 fully saturated rings. The molecule has 166 valence electrons. The number of hydrogen-bond acceptors (Lipinski definition) is 7. The molecule has 4 rings (SSSR count). The van der Waals surface area contributed by atoms with Gasteiger partial charge in [-0.2, -0.15) is 0 Å². The van der Waals surface area contributed by atoms with Crippen LogP contribution < -0.4 is 15.8 Å². The second-order valence-corrected chi connectivity index (χ2v) is 7.74. The number of carboxylic acids is 1. The number of fused-ring (bicyclic) bond motifs is 3. The van der Waals surface area contributed by atoms with E-state index < -0.39 is 12.0 Å². The number of rotatable bonds is 8. The highest BCUT2D eigenvalue weighted by Crippen LogP contribution is 2.44. The molecular formula is C24H25N3O5. The van der Waals surface area contributed by atoms with Crippen LogP contribution in [-0.2, 0) is 0 Å². The molecule has 1 atom stereocenters. The summed E-state index contributed by atoms with van der Waals surface area (Å²) in [5.41, 5.74) is 7.28. The average molecular weight is 435 g/mol. The Hall–Kier alpha value is -3.62. The average Bonchev–Trinajstić information content (AvgIpc) is 3.21. The Balaban J connectivity index is 2.03. The predicted octanol–water partition coefficient (Wildman–Crippen LogP) is 3.81. The van der Waals surface area contributed by atoms with Gasteiger partial charge in [-0.05, 0) is 25.5 Å². The van der Waals surface area contributed by atoms with Crippen LogP contribution in [0, 0.1) is 0 Å². The van der Waals surface area contributed by atoms with Crippen LogP contribution in [0.3, 0.4) is 0 Å². The maximum atomic E-state index is 12.0. The molecule has 8 nitrogen and oxygen atoms in total. The lowest BCUT2D eigenvalue weighted by Crippen LogP contribution is -2.28. The van der Waals surface area contributed by atoms with Crippen molar-refractivity contribution in [2.45, 2.75) is 26.0 Å². The molecule has 2 aromatic carbocycles. The van der Waals surface area contributed by atoms with Crippen molar-refractivity contribution in [3.63, 3.8) is 0 Å². The topological polar surface area (TPSA) is 131 Å². The zero-order chi connectivity index (χ0) is 22.8. The lowest BCUT2D eigenvalue weighted by molar-refractivity contribution is 0.0698. The minimum absolute atomic E-state index is 0.0188. The van der Waals surface area contributed by atoms with Crippen molar-refractivity contribution in [3.05, 3.63) is 65.5 Å². The van der Waals surface area contributed by atoms with Crippen molar-refractivity contribution >= 4 is 27.7 Å². The van der Waals surface area contributed by atoms with Gasteiger partial charge in [0.15, 0.2) is 0 Å². The number of carbonyl (C=O) groups is 1. The minimum Gasteiger partial charge on any atom is -0.507 e. The molecule has 2 heterocycles. The van der Waals surface area contributed by atoms with E-state index in [9.17, 15) is 15.0 Å². The molecule has 0 saturated carbocycles. The summed E-state index contributed by atoms with van der Waals surface area (Å²) in [6.07, 6.45) is 2.76. The molecule has 0 amide bonds. The third kappa shape index (κ3) is 3.86. The van der Waals surface area contributed by atoms with Gasteiger partial charge in [-0.15, -0.1) is 0 Å². The Kier molecular flexibility index (Phi) is 5.98. The van der Waals surface area contributed by atoms with Crippen LogP contribution in [0.1, 0.15) is 41.4 Å². The zero-order valence-electron chi connectivity index (χ0n) is 17.8. The Morgan fingerprint density at radius 1 is 1.25 bits per heavy atom. The first kappa shape index (κ1) is 21.6. The van der Waals surface area contributed by atoms with E-state index in [1.165, 1.54) is 6.26 Å². The smallest absolute Gasteiger partial charge is 0.339 e. The summed E-state index contributed by atoms with van der Waals surface area (Å²) in [6.45, 7) is 4.59. The third-order valence-electron chi connectivity index (χ3n) is 5.20. The van der Waals surface area contributed by atoms with Crippen LogP contribution in [-0.4, -0.2) is 40.4 Å². The number of pyridine rings is 1. The first-order valence-electron chi connectivity index (χ1n) is 10.4. The van der Waals surface area contributed by atoms with E-state index in [0.717, 1.165) is 5.56 Å². The van der Waals surface area contributed by atoms with E-state index in [-0.39, 0.29) is 17.4 Å². The van der Waals surface area contributed by atoms with Gasteiger partial charge in [0.25, 0.3) is 0 Å². The summed E-state index contributed by atoms with van der Waals surface area (Å²) < 4.78 is 11.4. The number of ether oxygens (including phenoxy) is 1. The van der Waals surface area contributed by atoms with Gasteiger partial charge < -0.3 is 30.4 Å². The van der Waals surface area contributed by atoms with Crippen molar-refractivity contribution in [1.29, 1.82) is 0 Å². The van der Waals surface area contributed by atoms with Crippen LogP contribution in [0.5, 0.6) is 11.6 Å². The number of nitrogens with one attached hydrogen (secondary N) is 1. The highest BCUT2D eigenvalue weighted by Gasteiger charge is 2.28. The fraction of sp³-hybridized carbons (Fsp3) is 0.250. The van der Waals surface area contributed by atoms with Crippen LogP contribution in [0.2, 0.25) is 0 Å². The number of aromatic nitrogens is 1. The van der Waals surface area contributed by atoms with Gasteiger partial charge in [-0.3, -0.25) is 0 Å². The molecule has 8 heteroatoms. The van der Waals surface area contributed by atoms with E-state index >= 15 is 0 Å². The molecule has 4 aromatic rings. The molecule has 0 aliphatic rings. The maximum Gasteiger partial charge on any atom is 0.339 e. The van der Waals surface area contributed by atoms with Crippen LogP contribution in [0.25, 0.3) is 21.7 Å². The zero-order valence-corrected chi connectivity index (χ0v) is 17.8.